The van der Waals surface area contributed by atoms with Crippen molar-refractivity contribution in [2.75, 3.05) is 13.4 Å². The molecule has 0 unspecified atom stereocenters. The minimum atomic E-state index is -3.61. The first-order valence-electron chi connectivity index (χ1n) is 8.20. The fourth-order valence-corrected chi connectivity index (χ4v) is 3.99. The van der Waals surface area contributed by atoms with Crippen molar-refractivity contribution >= 4 is 33.2 Å². The normalized spacial score (nSPS) is 13.6. The third kappa shape index (κ3) is 7.12. The van der Waals surface area contributed by atoms with E-state index in [1.807, 2.05) is 47.8 Å². The van der Waals surface area contributed by atoms with Gasteiger partial charge in [0.1, 0.15) is 12.1 Å². The number of sulfonamides is 1. The molecule has 1 heterocycles. The molecular formula is C18H22N2O5S2. The number of hydrogen-bond acceptors (Lipinski definition) is 6. The van der Waals surface area contributed by atoms with Gasteiger partial charge in [0.25, 0.3) is 0 Å². The highest BCUT2D eigenvalue weighted by atomic mass is 32.2. The van der Waals surface area contributed by atoms with Crippen molar-refractivity contribution < 1.29 is 22.7 Å². The quantitative estimate of drug-likeness (QED) is 0.603. The molecule has 27 heavy (non-hydrogen) atoms. The summed E-state index contributed by atoms with van der Waals surface area (Å²) in [5.74, 6) is -1.18. The van der Waals surface area contributed by atoms with Crippen LogP contribution in [-0.2, 0) is 37.2 Å². The number of esters is 1. The van der Waals surface area contributed by atoms with Crippen LogP contribution in [0.25, 0.3) is 0 Å². The summed E-state index contributed by atoms with van der Waals surface area (Å²) in [5, 5.41) is 4.46. The Morgan fingerprint density at radius 3 is 2.33 bits per heavy atom. The standard InChI is InChI=1S/C18H22N2O5S2/c1-25-18(22)16(11-13-7-4-3-5-8-13)19-17(21)15(20-27(2,23)24)12-14-9-6-10-26-14/h3-10,15-16,20H,11-12H2,1-2H3,(H,19,21)/t15-,16+/m1/s1. The molecular weight excluding hydrogens is 388 g/mol. The van der Waals surface area contributed by atoms with Crippen molar-refractivity contribution in [2.24, 2.45) is 0 Å². The fourth-order valence-electron chi connectivity index (χ4n) is 2.53. The number of methoxy groups -OCH3 is 1. The lowest BCUT2D eigenvalue weighted by atomic mass is 10.1. The summed E-state index contributed by atoms with van der Waals surface area (Å²) in [7, 11) is -2.37. The highest BCUT2D eigenvalue weighted by molar-refractivity contribution is 7.88. The van der Waals surface area contributed by atoms with E-state index >= 15 is 0 Å². The molecule has 0 spiro atoms. The predicted molar refractivity (Wildman–Crippen MR) is 104 cm³/mol. The molecule has 9 heteroatoms. The first-order valence-corrected chi connectivity index (χ1v) is 11.0. The second kappa shape index (κ2) is 9.63. The number of rotatable bonds is 9. The lowest BCUT2D eigenvalue weighted by molar-refractivity contribution is -0.145. The van der Waals surface area contributed by atoms with Gasteiger partial charge in [-0.1, -0.05) is 36.4 Å². The van der Waals surface area contributed by atoms with Gasteiger partial charge >= 0.3 is 5.97 Å². The molecule has 2 aromatic rings. The summed E-state index contributed by atoms with van der Waals surface area (Å²) in [4.78, 5) is 25.7. The molecule has 0 saturated heterocycles. The SMILES string of the molecule is COC(=O)[C@H](Cc1ccccc1)NC(=O)[C@@H](Cc1cccs1)NS(C)(=O)=O. The maximum atomic E-state index is 12.7. The van der Waals surface area contributed by atoms with E-state index < -0.39 is 34.0 Å². The number of nitrogens with one attached hydrogen (secondary N) is 2. The summed E-state index contributed by atoms with van der Waals surface area (Å²) in [6.07, 6.45) is 1.42. The molecule has 2 atom stereocenters. The van der Waals surface area contributed by atoms with Crippen LogP contribution in [0.15, 0.2) is 47.8 Å². The number of carbonyl (C=O) groups is 2. The second-order valence-electron chi connectivity index (χ2n) is 6.00. The topological polar surface area (TPSA) is 102 Å². The zero-order valence-electron chi connectivity index (χ0n) is 15.0. The molecule has 0 aliphatic carbocycles. The van der Waals surface area contributed by atoms with Gasteiger partial charge in [-0.05, 0) is 17.0 Å². The minimum Gasteiger partial charge on any atom is -0.467 e. The van der Waals surface area contributed by atoms with Crippen LogP contribution < -0.4 is 10.0 Å². The van der Waals surface area contributed by atoms with Crippen molar-refractivity contribution in [2.45, 2.75) is 24.9 Å². The Kier molecular flexibility index (Phi) is 7.52. The molecule has 0 bridgehead atoms. The number of amides is 1. The first-order chi connectivity index (χ1) is 12.8. The van der Waals surface area contributed by atoms with Crippen molar-refractivity contribution in [1.29, 1.82) is 0 Å². The van der Waals surface area contributed by atoms with Crippen LogP contribution in [-0.4, -0.2) is 45.7 Å². The maximum Gasteiger partial charge on any atom is 0.328 e. The van der Waals surface area contributed by atoms with E-state index in [1.165, 1.54) is 18.4 Å². The predicted octanol–water partition coefficient (Wildman–Crippen LogP) is 1.11. The van der Waals surface area contributed by atoms with Crippen LogP contribution in [0.2, 0.25) is 0 Å². The molecule has 1 aromatic carbocycles. The molecule has 0 radical (unpaired) electrons. The molecule has 0 fully saturated rings. The Labute approximate surface area is 162 Å². The van der Waals surface area contributed by atoms with Gasteiger partial charge in [0, 0.05) is 17.7 Å². The minimum absolute atomic E-state index is 0.190. The molecule has 2 N–H and O–H groups in total. The third-order valence-corrected chi connectivity index (χ3v) is 5.35. The molecule has 7 nitrogen and oxygen atoms in total. The van der Waals surface area contributed by atoms with E-state index in [-0.39, 0.29) is 12.8 Å². The van der Waals surface area contributed by atoms with Crippen LogP contribution in [0.1, 0.15) is 10.4 Å². The van der Waals surface area contributed by atoms with Gasteiger partial charge in [0.05, 0.1) is 13.4 Å². The van der Waals surface area contributed by atoms with Crippen LogP contribution in [0.4, 0.5) is 0 Å². The van der Waals surface area contributed by atoms with Gasteiger partial charge in [0.15, 0.2) is 0 Å². The highest BCUT2D eigenvalue weighted by Gasteiger charge is 2.28. The van der Waals surface area contributed by atoms with Crippen LogP contribution in [0.5, 0.6) is 0 Å². The summed E-state index contributed by atoms with van der Waals surface area (Å²) < 4.78 is 30.4. The number of thiophene rings is 1. The number of carbonyl (C=O) groups excluding carboxylic acids is 2. The van der Waals surface area contributed by atoms with Crippen molar-refractivity contribution in [3.63, 3.8) is 0 Å². The van der Waals surface area contributed by atoms with E-state index in [4.69, 9.17) is 4.74 Å². The van der Waals surface area contributed by atoms with Gasteiger partial charge < -0.3 is 10.1 Å². The van der Waals surface area contributed by atoms with Crippen molar-refractivity contribution in [3.05, 3.63) is 58.3 Å². The highest BCUT2D eigenvalue weighted by Crippen LogP contribution is 2.12. The van der Waals surface area contributed by atoms with E-state index in [2.05, 4.69) is 10.0 Å². The summed E-state index contributed by atoms with van der Waals surface area (Å²) in [5.41, 5.74) is 0.846. The maximum absolute atomic E-state index is 12.7. The molecule has 0 saturated carbocycles. The molecule has 0 aliphatic heterocycles. The monoisotopic (exact) mass is 410 g/mol. The molecule has 1 amide bonds. The Balaban J connectivity index is 2.16. The number of hydrogen-bond donors (Lipinski definition) is 2. The number of benzene rings is 1. The van der Waals surface area contributed by atoms with E-state index in [1.54, 1.807) is 0 Å². The van der Waals surface area contributed by atoms with Crippen LogP contribution in [0, 0.1) is 0 Å². The lowest BCUT2D eigenvalue weighted by Gasteiger charge is -2.21. The average Bonchev–Trinajstić information content (AvgIpc) is 3.12. The Bertz CT molecular complexity index is 851. The summed E-state index contributed by atoms with van der Waals surface area (Å²) in [6.45, 7) is 0. The Morgan fingerprint density at radius 1 is 1.07 bits per heavy atom. The second-order valence-corrected chi connectivity index (χ2v) is 8.81. The van der Waals surface area contributed by atoms with Crippen LogP contribution >= 0.6 is 11.3 Å². The van der Waals surface area contributed by atoms with Gasteiger partial charge in [-0.25, -0.2) is 17.9 Å². The molecule has 146 valence electrons. The van der Waals surface area contributed by atoms with Crippen molar-refractivity contribution in [1.82, 2.24) is 10.0 Å². The van der Waals surface area contributed by atoms with Crippen LogP contribution in [0.3, 0.4) is 0 Å². The third-order valence-electron chi connectivity index (χ3n) is 3.74. The average molecular weight is 411 g/mol. The zero-order chi connectivity index (χ0) is 19.9. The fraction of sp³-hybridized carbons (Fsp3) is 0.333. The van der Waals surface area contributed by atoms with Gasteiger partial charge in [-0.2, -0.15) is 0 Å². The largest absolute Gasteiger partial charge is 0.467 e. The van der Waals surface area contributed by atoms with E-state index in [0.717, 1.165) is 16.7 Å². The van der Waals surface area contributed by atoms with E-state index in [0.29, 0.717) is 0 Å². The first kappa shape index (κ1) is 21.1. The zero-order valence-corrected chi connectivity index (χ0v) is 16.7. The summed E-state index contributed by atoms with van der Waals surface area (Å²) >= 11 is 1.42. The molecule has 0 aliphatic rings. The molecule has 1 aromatic heterocycles. The smallest absolute Gasteiger partial charge is 0.328 e. The van der Waals surface area contributed by atoms with E-state index in [9.17, 15) is 18.0 Å². The van der Waals surface area contributed by atoms with Crippen molar-refractivity contribution in [3.8, 4) is 0 Å². The number of ether oxygens (including phenoxy) is 1. The lowest BCUT2D eigenvalue weighted by Crippen LogP contribution is -2.53. The molecule has 2 rings (SSSR count). The Hall–Kier alpha value is -2.23. The summed E-state index contributed by atoms with van der Waals surface area (Å²) in [6, 6.07) is 10.9. The van der Waals surface area contributed by atoms with Gasteiger partial charge in [-0.3, -0.25) is 4.79 Å². The van der Waals surface area contributed by atoms with Gasteiger partial charge in [0.2, 0.25) is 15.9 Å². The Morgan fingerprint density at radius 2 is 1.78 bits per heavy atom. The van der Waals surface area contributed by atoms with Gasteiger partial charge in [-0.15, -0.1) is 11.3 Å².